The highest BCUT2D eigenvalue weighted by Crippen LogP contribution is 2.38. The summed E-state index contributed by atoms with van der Waals surface area (Å²) in [6, 6.07) is 22.9. The van der Waals surface area contributed by atoms with E-state index in [9.17, 15) is 10.2 Å². The van der Waals surface area contributed by atoms with Gasteiger partial charge in [-0.3, -0.25) is 4.99 Å². The topological polar surface area (TPSA) is 52.8 Å². The van der Waals surface area contributed by atoms with E-state index in [-0.39, 0.29) is 16.6 Å². The molecule has 33 heavy (non-hydrogen) atoms. The molecular weight excluding hydrogens is 406 g/mol. The van der Waals surface area contributed by atoms with E-state index < -0.39 is 11.6 Å². The lowest BCUT2D eigenvalue weighted by Gasteiger charge is -2.33. The fraction of sp³-hybridized carbons (Fsp3) is 0.367. The molecule has 3 nitrogen and oxygen atoms in total. The number of aliphatic hydroxyl groups is 1. The summed E-state index contributed by atoms with van der Waals surface area (Å²) in [4.78, 5) is 4.79. The number of phenols is 1. The van der Waals surface area contributed by atoms with Crippen LogP contribution >= 0.6 is 0 Å². The van der Waals surface area contributed by atoms with Crippen molar-refractivity contribution in [2.24, 2.45) is 4.99 Å². The van der Waals surface area contributed by atoms with Gasteiger partial charge in [-0.05, 0) is 40.5 Å². The third-order valence-corrected chi connectivity index (χ3v) is 6.28. The average molecular weight is 444 g/mol. The van der Waals surface area contributed by atoms with Gasteiger partial charge in [0.05, 0.1) is 6.04 Å². The van der Waals surface area contributed by atoms with Gasteiger partial charge < -0.3 is 10.2 Å². The van der Waals surface area contributed by atoms with E-state index in [1.807, 2.05) is 73.7 Å². The standard InChI is InChI=1S/C30H37NO2/c1-21(30(33,23-14-10-8-11-15-23)24-16-12-9-13-17-24)31-20-22-18-25(28(2,3)4)19-26(27(22)32)29(5,6)7/h8-21,32-33H,1-7H3/t21-/m1/s1. The first-order valence-corrected chi connectivity index (χ1v) is 11.6. The Morgan fingerprint density at radius 1 is 0.727 bits per heavy atom. The highest BCUT2D eigenvalue weighted by atomic mass is 16.3. The van der Waals surface area contributed by atoms with Gasteiger partial charge in [0.15, 0.2) is 0 Å². The second-order valence-electron chi connectivity index (χ2n) is 10.9. The van der Waals surface area contributed by atoms with Gasteiger partial charge in [0.25, 0.3) is 0 Å². The molecule has 0 radical (unpaired) electrons. The van der Waals surface area contributed by atoms with Crippen LogP contribution in [0.2, 0.25) is 0 Å². The summed E-state index contributed by atoms with van der Waals surface area (Å²) in [6.45, 7) is 14.7. The van der Waals surface area contributed by atoms with Crippen molar-refractivity contribution in [2.45, 2.75) is 70.9 Å². The number of nitrogens with zero attached hydrogens (tertiary/aromatic N) is 1. The Balaban J connectivity index is 2.11. The molecule has 2 N–H and O–H groups in total. The normalized spacial score (nSPS) is 13.9. The number of hydrogen-bond acceptors (Lipinski definition) is 3. The number of aliphatic imine (C=N–C) groups is 1. The maximum absolute atomic E-state index is 12.0. The van der Waals surface area contributed by atoms with Gasteiger partial charge in [-0.2, -0.15) is 0 Å². The number of aromatic hydroxyl groups is 1. The summed E-state index contributed by atoms with van der Waals surface area (Å²) >= 11 is 0. The number of benzene rings is 3. The van der Waals surface area contributed by atoms with Crippen molar-refractivity contribution in [1.29, 1.82) is 0 Å². The first-order valence-electron chi connectivity index (χ1n) is 11.6. The van der Waals surface area contributed by atoms with E-state index in [4.69, 9.17) is 4.99 Å². The molecule has 0 fully saturated rings. The van der Waals surface area contributed by atoms with Gasteiger partial charge in [-0.15, -0.1) is 0 Å². The number of rotatable bonds is 5. The van der Waals surface area contributed by atoms with Crippen LogP contribution in [0.25, 0.3) is 0 Å². The van der Waals surface area contributed by atoms with Crippen molar-refractivity contribution in [3.8, 4) is 5.75 Å². The summed E-state index contributed by atoms with van der Waals surface area (Å²) in [5, 5.41) is 23.1. The van der Waals surface area contributed by atoms with E-state index in [1.165, 1.54) is 0 Å². The van der Waals surface area contributed by atoms with Gasteiger partial charge in [0.2, 0.25) is 0 Å². The SMILES string of the molecule is C[C@@H](N=Cc1cc(C(C)(C)C)cc(C(C)(C)C)c1O)C(O)(c1ccccc1)c1ccccc1. The van der Waals surface area contributed by atoms with Crippen molar-refractivity contribution >= 4 is 6.21 Å². The van der Waals surface area contributed by atoms with E-state index in [0.29, 0.717) is 5.56 Å². The van der Waals surface area contributed by atoms with Crippen molar-refractivity contribution in [2.75, 3.05) is 0 Å². The fourth-order valence-corrected chi connectivity index (χ4v) is 4.09. The maximum atomic E-state index is 12.0. The minimum Gasteiger partial charge on any atom is -0.507 e. The van der Waals surface area contributed by atoms with E-state index >= 15 is 0 Å². The zero-order valence-electron chi connectivity index (χ0n) is 20.9. The lowest BCUT2D eigenvalue weighted by atomic mass is 9.79. The first-order chi connectivity index (χ1) is 15.3. The molecule has 0 spiro atoms. The van der Waals surface area contributed by atoms with Crippen molar-refractivity contribution in [3.05, 3.63) is 101 Å². The Kier molecular flexibility index (Phi) is 6.85. The van der Waals surface area contributed by atoms with Crippen LogP contribution in [0.4, 0.5) is 0 Å². The molecule has 0 bridgehead atoms. The molecule has 0 aliphatic carbocycles. The molecule has 3 heteroatoms. The van der Waals surface area contributed by atoms with Gasteiger partial charge in [0, 0.05) is 17.3 Å². The third-order valence-electron chi connectivity index (χ3n) is 6.28. The molecule has 174 valence electrons. The van der Waals surface area contributed by atoms with E-state index in [2.05, 4.69) is 47.6 Å². The monoisotopic (exact) mass is 443 g/mol. The molecule has 3 aromatic rings. The first kappa shape index (κ1) is 24.7. The van der Waals surface area contributed by atoms with Gasteiger partial charge in [-0.25, -0.2) is 0 Å². The molecule has 3 aromatic carbocycles. The molecule has 0 aliphatic rings. The molecule has 1 atom stereocenters. The lowest BCUT2D eigenvalue weighted by Crippen LogP contribution is -2.38. The van der Waals surface area contributed by atoms with Gasteiger partial charge >= 0.3 is 0 Å². The minimum atomic E-state index is -1.30. The summed E-state index contributed by atoms with van der Waals surface area (Å²) in [5.74, 6) is 0.245. The Labute approximate surface area is 198 Å². The Morgan fingerprint density at radius 3 is 1.64 bits per heavy atom. The Bertz CT molecular complexity index is 1060. The van der Waals surface area contributed by atoms with Crippen LogP contribution in [0.5, 0.6) is 5.75 Å². The third kappa shape index (κ3) is 5.20. The molecule has 0 saturated heterocycles. The van der Waals surface area contributed by atoms with Crippen molar-refractivity contribution in [1.82, 2.24) is 0 Å². The lowest BCUT2D eigenvalue weighted by molar-refractivity contribution is 0.0589. The summed E-state index contributed by atoms with van der Waals surface area (Å²) in [6.07, 6.45) is 1.71. The Hall–Kier alpha value is -2.91. The molecular formula is C30H37NO2. The van der Waals surface area contributed by atoms with Crippen LogP contribution in [-0.4, -0.2) is 22.5 Å². The van der Waals surface area contributed by atoms with Crippen LogP contribution in [0, 0.1) is 0 Å². The zero-order valence-corrected chi connectivity index (χ0v) is 20.9. The molecule has 0 saturated carbocycles. The van der Waals surface area contributed by atoms with Crippen molar-refractivity contribution < 1.29 is 10.2 Å². The zero-order chi connectivity index (χ0) is 24.4. The fourth-order valence-electron chi connectivity index (χ4n) is 4.09. The largest absolute Gasteiger partial charge is 0.507 e. The minimum absolute atomic E-state index is 0.0727. The summed E-state index contributed by atoms with van der Waals surface area (Å²) in [5.41, 5.74) is 2.68. The second-order valence-corrected chi connectivity index (χ2v) is 10.9. The van der Waals surface area contributed by atoms with Crippen LogP contribution in [0.15, 0.2) is 77.8 Å². The quantitative estimate of drug-likeness (QED) is 0.430. The van der Waals surface area contributed by atoms with E-state index in [0.717, 1.165) is 22.3 Å². The van der Waals surface area contributed by atoms with Crippen LogP contribution in [0.1, 0.15) is 76.3 Å². The van der Waals surface area contributed by atoms with Crippen LogP contribution < -0.4 is 0 Å². The molecule has 3 rings (SSSR count). The predicted octanol–water partition coefficient (Wildman–Crippen LogP) is 6.73. The van der Waals surface area contributed by atoms with Crippen LogP contribution in [-0.2, 0) is 16.4 Å². The Morgan fingerprint density at radius 2 is 1.21 bits per heavy atom. The second kappa shape index (κ2) is 9.15. The highest BCUT2D eigenvalue weighted by molar-refractivity contribution is 5.85. The molecule has 0 aliphatic heterocycles. The average Bonchev–Trinajstić information content (AvgIpc) is 2.77. The van der Waals surface area contributed by atoms with Gasteiger partial charge in [0.1, 0.15) is 11.4 Å². The summed E-state index contributed by atoms with van der Waals surface area (Å²) < 4.78 is 0. The van der Waals surface area contributed by atoms with Crippen LogP contribution in [0.3, 0.4) is 0 Å². The smallest absolute Gasteiger partial charge is 0.137 e. The van der Waals surface area contributed by atoms with Gasteiger partial charge in [-0.1, -0.05) is 108 Å². The molecule has 0 amide bonds. The number of phenolic OH excluding ortho intramolecular Hbond substituents is 1. The van der Waals surface area contributed by atoms with Crippen molar-refractivity contribution in [3.63, 3.8) is 0 Å². The van der Waals surface area contributed by atoms with E-state index in [1.54, 1.807) is 6.21 Å². The molecule has 0 unspecified atom stereocenters. The summed E-state index contributed by atoms with van der Waals surface area (Å²) in [7, 11) is 0. The molecule has 0 aromatic heterocycles. The molecule has 0 heterocycles. The maximum Gasteiger partial charge on any atom is 0.137 e. The highest BCUT2D eigenvalue weighted by Gasteiger charge is 2.37. The number of hydrogen-bond donors (Lipinski definition) is 2. The predicted molar refractivity (Wildman–Crippen MR) is 138 cm³/mol.